The number of nitrogen functional groups attached to an aromatic ring is 1. The lowest BCUT2D eigenvalue weighted by molar-refractivity contribution is 0.920. The van der Waals surface area contributed by atoms with Gasteiger partial charge in [0.15, 0.2) is 5.82 Å². The molecule has 0 atom stereocenters. The van der Waals surface area contributed by atoms with Gasteiger partial charge in [-0.15, -0.1) is 0 Å². The molecule has 24 heavy (non-hydrogen) atoms. The minimum atomic E-state index is 0.195. The summed E-state index contributed by atoms with van der Waals surface area (Å²) < 4.78 is 0. The molecule has 3 aromatic rings. The third kappa shape index (κ3) is 4.19. The summed E-state index contributed by atoms with van der Waals surface area (Å²) in [7, 11) is 0. The molecule has 0 aliphatic rings. The van der Waals surface area contributed by atoms with Crippen LogP contribution in [0.25, 0.3) is 0 Å². The van der Waals surface area contributed by atoms with Crippen LogP contribution in [-0.4, -0.2) is 15.0 Å². The van der Waals surface area contributed by atoms with Crippen molar-refractivity contribution in [2.24, 2.45) is 0 Å². The van der Waals surface area contributed by atoms with Crippen molar-refractivity contribution in [3.8, 4) is 0 Å². The standard InChI is InChI=1S/C18H20N6/c1-12-6-8-14(9-7-12)21-18-23-16(22-17(19)24-18)11-20-15-5-3-4-13(2)10-15/h3-10,20H,11H2,1-2H3,(H3,19,21,22,23,24). The monoisotopic (exact) mass is 320 g/mol. The molecule has 0 fully saturated rings. The van der Waals surface area contributed by atoms with Crippen LogP contribution >= 0.6 is 0 Å². The summed E-state index contributed by atoms with van der Waals surface area (Å²) >= 11 is 0. The molecule has 0 aliphatic heterocycles. The summed E-state index contributed by atoms with van der Waals surface area (Å²) in [5.74, 6) is 1.21. The van der Waals surface area contributed by atoms with Gasteiger partial charge in [0.25, 0.3) is 0 Å². The van der Waals surface area contributed by atoms with Gasteiger partial charge < -0.3 is 16.4 Å². The molecule has 6 heteroatoms. The maximum Gasteiger partial charge on any atom is 0.232 e. The van der Waals surface area contributed by atoms with Crippen molar-refractivity contribution >= 4 is 23.3 Å². The number of aryl methyl sites for hydroxylation is 2. The molecular formula is C18H20N6. The second-order valence-electron chi connectivity index (χ2n) is 5.65. The van der Waals surface area contributed by atoms with E-state index in [1.165, 1.54) is 11.1 Å². The zero-order valence-corrected chi connectivity index (χ0v) is 13.7. The van der Waals surface area contributed by atoms with E-state index in [0.29, 0.717) is 18.3 Å². The number of anilines is 4. The van der Waals surface area contributed by atoms with Crippen LogP contribution in [0.2, 0.25) is 0 Å². The van der Waals surface area contributed by atoms with Crippen molar-refractivity contribution in [2.75, 3.05) is 16.4 Å². The highest BCUT2D eigenvalue weighted by Gasteiger charge is 2.05. The Labute approximate surface area is 141 Å². The van der Waals surface area contributed by atoms with Gasteiger partial charge in [-0.25, -0.2) is 0 Å². The van der Waals surface area contributed by atoms with Crippen LogP contribution in [0.3, 0.4) is 0 Å². The van der Waals surface area contributed by atoms with Crippen LogP contribution < -0.4 is 16.4 Å². The molecular weight excluding hydrogens is 300 g/mol. The molecule has 1 heterocycles. The normalized spacial score (nSPS) is 10.4. The summed E-state index contributed by atoms with van der Waals surface area (Å²) in [6.07, 6.45) is 0. The number of nitrogens with zero attached hydrogens (tertiary/aromatic N) is 3. The molecule has 0 radical (unpaired) electrons. The van der Waals surface area contributed by atoms with E-state index in [9.17, 15) is 0 Å². The molecule has 122 valence electrons. The topological polar surface area (TPSA) is 88.8 Å². The zero-order valence-electron chi connectivity index (χ0n) is 13.7. The van der Waals surface area contributed by atoms with Crippen molar-refractivity contribution in [1.29, 1.82) is 0 Å². The molecule has 0 saturated carbocycles. The lowest BCUT2D eigenvalue weighted by atomic mass is 10.2. The van der Waals surface area contributed by atoms with Crippen LogP contribution in [0.15, 0.2) is 48.5 Å². The van der Waals surface area contributed by atoms with Gasteiger partial charge >= 0.3 is 0 Å². The first-order valence-corrected chi connectivity index (χ1v) is 7.73. The van der Waals surface area contributed by atoms with Crippen molar-refractivity contribution in [1.82, 2.24) is 15.0 Å². The number of nitrogens with two attached hydrogens (primary N) is 1. The minimum Gasteiger partial charge on any atom is -0.378 e. The summed E-state index contributed by atoms with van der Waals surface area (Å²) in [6.45, 7) is 4.56. The summed E-state index contributed by atoms with van der Waals surface area (Å²) in [4.78, 5) is 12.7. The Morgan fingerprint density at radius 2 is 1.67 bits per heavy atom. The lowest BCUT2D eigenvalue weighted by Crippen LogP contribution is -2.10. The number of hydrogen-bond donors (Lipinski definition) is 3. The number of aromatic nitrogens is 3. The Kier molecular flexibility index (Phi) is 4.56. The van der Waals surface area contributed by atoms with Gasteiger partial charge in [-0.05, 0) is 43.7 Å². The smallest absolute Gasteiger partial charge is 0.232 e. The summed E-state index contributed by atoms with van der Waals surface area (Å²) in [5.41, 5.74) is 10.1. The van der Waals surface area contributed by atoms with Crippen molar-refractivity contribution in [3.63, 3.8) is 0 Å². The predicted octanol–water partition coefficient (Wildman–Crippen LogP) is 3.43. The molecule has 0 saturated heterocycles. The Morgan fingerprint density at radius 3 is 2.42 bits per heavy atom. The van der Waals surface area contributed by atoms with E-state index in [2.05, 4.69) is 44.6 Å². The highest BCUT2D eigenvalue weighted by Crippen LogP contribution is 2.15. The van der Waals surface area contributed by atoms with E-state index >= 15 is 0 Å². The first kappa shape index (κ1) is 15.7. The van der Waals surface area contributed by atoms with E-state index in [4.69, 9.17) is 5.73 Å². The highest BCUT2D eigenvalue weighted by molar-refractivity contribution is 5.54. The molecule has 3 rings (SSSR count). The van der Waals surface area contributed by atoms with Gasteiger partial charge in [-0.2, -0.15) is 15.0 Å². The Hall–Kier alpha value is -3.15. The van der Waals surface area contributed by atoms with Crippen molar-refractivity contribution < 1.29 is 0 Å². The number of nitrogens with one attached hydrogen (secondary N) is 2. The van der Waals surface area contributed by atoms with Gasteiger partial charge in [0.2, 0.25) is 11.9 Å². The SMILES string of the molecule is Cc1ccc(Nc2nc(N)nc(CNc3cccc(C)c3)n2)cc1. The average Bonchev–Trinajstić information content (AvgIpc) is 2.55. The first-order chi connectivity index (χ1) is 11.6. The maximum absolute atomic E-state index is 5.80. The quantitative estimate of drug-likeness (QED) is 0.667. The largest absolute Gasteiger partial charge is 0.378 e. The molecule has 0 amide bonds. The molecule has 4 N–H and O–H groups in total. The fraction of sp³-hybridized carbons (Fsp3) is 0.167. The molecule has 6 nitrogen and oxygen atoms in total. The molecule has 1 aromatic heterocycles. The third-order valence-electron chi connectivity index (χ3n) is 3.48. The fourth-order valence-electron chi connectivity index (χ4n) is 2.28. The van der Waals surface area contributed by atoms with Crippen LogP contribution in [-0.2, 0) is 6.54 Å². The van der Waals surface area contributed by atoms with Gasteiger partial charge in [-0.3, -0.25) is 0 Å². The lowest BCUT2D eigenvalue weighted by Gasteiger charge is -2.09. The molecule has 0 unspecified atom stereocenters. The van der Waals surface area contributed by atoms with Crippen LogP contribution in [0.4, 0.5) is 23.3 Å². The number of hydrogen-bond acceptors (Lipinski definition) is 6. The predicted molar refractivity (Wildman–Crippen MR) is 97.2 cm³/mol. The van der Waals surface area contributed by atoms with Gasteiger partial charge in [0.1, 0.15) is 0 Å². The number of benzene rings is 2. The van der Waals surface area contributed by atoms with Crippen molar-refractivity contribution in [2.45, 2.75) is 20.4 Å². The van der Waals surface area contributed by atoms with E-state index in [0.717, 1.165) is 11.4 Å². The Balaban J connectivity index is 1.72. The fourth-order valence-corrected chi connectivity index (χ4v) is 2.28. The molecule has 0 aliphatic carbocycles. The maximum atomic E-state index is 5.80. The van der Waals surface area contributed by atoms with E-state index in [1.807, 2.05) is 43.3 Å². The molecule has 2 aromatic carbocycles. The van der Waals surface area contributed by atoms with Gasteiger partial charge in [-0.1, -0.05) is 29.8 Å². The van der Waals surface area contributed by atoms with E-state index < -0.39 is 0 Å². The highest BCUT2D eigenvalue weighted by atomic mass is 15.2. The van der Waals surface area contributed by atoms with E-state index in [-0.39, 0.29) is 5.95 Å². The average molecular weight is 320 g/mol. The Morgan fingerprint density at radius 1 is 0.875 bits per heavy atom. The van der Waals surface area contributed by atoms with E-state index in [1.54, 1.807) is 0 Å². The van der Waals surface area contributed by atoms with Crippen LogP contribution in [0.5, 0.6) is 0 Å². The molecule has 0 bridgehead atoms. The third-order valence-corrected chi connectivity index (χ3v) is 3.48. The first-order valence-electron chi connectivity index (χ1n) is 7.73. The second kappa shape index (κ2) is 6.95. The van der Waals surface area contributed by atoms with Gasteiger partial charge in [0, 0.05) is 11.4 Å². The minimum absolute atomic E-state index is 0.195. The zero-order chi connectivity index (χ0) is 16.9. The number of rotatable bonds is 5. The van der Waals surface area contributed by atoms with Crippen LogP contribution in [0.1, 0.15) is 17.0 Å². The second-order valence-corrected chi connectivity index (χ2v) is 5.65. The van der Waals surface area contributed by atoms with Gasteiger partial charge in [0.05, 0.1) is 6.54 Å². The summed E-state index contributed by atoms with van der Waals surface area (Å²) in [6, 6.07) is 16.1. The summed E-state index contributed by atoms with van der Waals surface area (Å²) in [5, 5.41) is 6.44. The van der Waals surface area contributed by atoms with Crippen LogP contribution in [0, 0.1) is 13.8 Å². The Bertz CT molecular complexity index is 829. The van der Waals surface area contributed by atoms with Crippen molar-refractivity contribution in [3.05, 3.63) is 65.5 Å². The molecule has 0 spiro atoms.